The number of nitrogens with one attached hydrogen (secondary N) is 2. The predicted molar refractivity (Wildman–Crippen MR) is 130 cm³/mol. The van der Waals surface area contributed by atoms with Gasteiger partial charge in [-0.25, -0.2) is 13.4 Å². The SMILES string of the molecule is CCNC(=NCc1ccc(S(C)(=O)=O)c(C)c1)NCC1CC1c1ccccc1.I. The second-order valence-corrected chi connectivity index (χ2v) is 9.45. The maximum Gasteiger partial charge on any atom is 0.191 e. The van der Waals surface area contributed by atoms with E-state index in [4.69, 9.17) is 0 Å². The van der Waals surface area contributed by atoms with Gasteiger partial charge in [0.25, 0.3) is 0 Å². The fourth-order valence-corrected chi connectivity index (χ4v) is 4.51. The van der Waals surface area contributed by atoms with E-state index in [1.54, 1.807) is 6.07 Å². The number of rotatable bonds is 7. The van der Waals surface area contributed by atoms with Crippen molar-refractivity contribution in [1.29, 1.82) is 0 Å². The molecule has 1 saturated carbocycles. The van der Waals surface area contributed by atoms with Gasteiger partial charge in [0.2, 0.25) is 0 Å². The fourth-order valence-electron chi connectivity index (χ4n) is 3.55. The van der Waals surface area contributed by atoms with Crippen LogP contribution in [0.15, 0.2) is 58.4 Å². The zero-order chi connectivity index (χ0) is 20.1. The fraction of sp³-hybridized carbons (Fsp3) is 0.409. The van der Waals surface area contributed by atoms with Crippen LogP contribution in [-0.4, -0.2) is 33.7 Å². The first-order valence-corrected chi connectivity index (χ1v) is 11.6. The summed E-state index contributed by atoms with van der Waals surface area (Å²) < 4.78 is 23.5. The lowest BCUT2D eigenvalue weighted by Crippen LogP contribution is -2.38. The number of halogens is 1. The molecule has 29 heavy (non-hydrogen) atoms. The van der Waals surface area contributed by atoms with E-state index < -0.39 is 9.84 Å². The molecule has 0 bridgehead atoms. The molecule has 0 amide bonds. The maximum absolute atomic E-state index is 11.8. The van der Waals surface area contributed by atoms with Crippen LogP contribution in [0.5, 0.6) is 0 Å². The minimum absolute atomic E-state index is 0. The molecular weight excluding hydrogens is 497 g/mol. The number of aliphatic imine (C=N–C) groups is 1. The maximum atomic E-state index is 11.8. The van der Waals surface area contributed by atoms with Crippen molar-refractivity contribution in [2.75, 3.05) is 19.3 Å². The lowest BCUT2D eigenvalue weighted by atomic mass is 10.1. The number of sulfone groups is 1. The Kier molecular flexibility index (Phi) is 8.51. The summed E-state index contributed by atoms with van der Waals surface area (Å²) in [5.74, 6) is 2.08. The Balaban J connectivity index is 0.00000300. The average molecular weight is 527 g/mol. The van der Waals surface area contributed by atoms with Crippen molar-refractivity contribution in [3.05, 3.63) is 65.2 Å². The van der Waals surface area contributed by atoms with E-state index in [-0.39, 0.29) is 24.0 Å². The molecule has 3 rings (SSSR count). The van der Waals surface area contributed by atoms with Gasteiger partial charge in [-0.2, -0.15) is 0 Å². The van der Waals surface area contributed by atoms with Gasteiger partial charge >= 0.3 is 0 Å². The first-order chi connectivity index (χ1) is 13.4. The molecule has 2 aromatic carbocycles. The van der Waals surface area contributed by atoms with Crippen molar-refractivity contribution in [2.24, 2.45) is 10.9 Å². The Bertz CT molecular complexity index is 946. The summed E-state index contributed by atoms with van der Waals surface area (Å²) in [7, 11) is -3.19. The van der Waals surface area contributed by atoms with Gasteiger partial charge in [-0.3, -0.25) is 0 Å². The van der Waals surface area contributed by atoms with E-state index in [1.807, 2.05) is 26.0 Å². The summed E-state index contributed by atoms with van der Waals surface area (Å²) in [6, 6.07) is 16.1. The van der Waals surface area contributed by atoms with Gasteiger partial charge in [0.15, 0.2) is 15.8 Å². The van der Waals surface area contributed by atoms with Crippen molar-refractivity contribution in [2.45, 2.75) is 37.6 Å². The topological polar surface area (TPSA) is 70.6 Å². The Labute approximate surface area is 191 Å². The van der Waals surface area contributed by atoms with Crippen LogP contribution < -0.4 is 10.6 Å². The number of nitrogens with zero attached hydrogens (tertiary/aromatic N) is 1. The van der Waals surface area contributed by atoms with Crippen molar-refractivity contribution in [3.8, 4) is 0 Å². The Morgan fingerprint density at radius 1 is 1.14 bits per heavy atom. The molecular formula is C22H30IN3O2S. The van der Waals surface area contributed by atoms with Gasteiger partial charge in [-0.1, -0.05) is 42.5 Å². The summed E-state index contributed by atoms with van der Waals surface area (Å²) in [6.45, 7) is 6.07. The third-order valence-corrected chi connectivity index (χ3v) is 6.34. The van der Waals surface area contributed by atoms with E-state index in [9.17, 15) is 8.42 Å². The summed E-state index contributed by atoms with van der Waals surface area (Å²) >= 11 is 0. The normalized spacial score (nSPS) is 18.7. The zero-order valence-electron chi connectivity index (χ0n) is 17.2. The highest BCUT2D eigenvalue weighted by Crippen LogP contribution is 2.46. The molecule has 2 atom stereocenters. The van der Waals surface area contributed by atoms with E-state index in [1.165, 1.54) is 18.2 Å². The summed E-state index contributed by atoms with van der Waals surface area (Å²) in [5.41, 5.74) is 3.17. The van der Waals surface area contributed by atoms with Gasteiger partial charge in [-0.05, 0) is 54.9 Å². The number of hydrogen-bond acceptors (Lipinski definition) is 3. The Morgan fingerprint density at radius 3 is 2.48 bits per heavy atom. The van der Waals surface area contributed by atoms with Crippen LogP contribution in [0.3, 0.4) is 0 Å². The van der Waals surface area contributed by atoms with Crippen LogP contribution in [0.2, 0.25) is 0 Å². The number of benzene rings is 2. The van der Waals surface area contributed by atoms with Gasteiger partial charge < -0.3 is 10.6 Å². The average Bonchev–Trinajstić information content (AvgIpc) is 3.43. The first kappa shape index (κ1) is 23.7. The lowest BCUT2D eigenvalue weighted by Gasteiger charge is -2.12. The highest BCUT2D eigenvalue weighted by molar-refractivity contribution is 14.0. The molecule has 0 heterocycles. The van der Waals surface area contributed by atoms with E-state index in [2.05, 4.69) is 46.0 Å². The molecule has 0 spiro atoms. The molecule has 158 valence electrons. The Morgan fingerprint density at radius 2 is 1.86 bits per heavy atom. The molecule has 2 unspecified atom stereocenters. The van der Waals surface area contributed by atoms with E-state index >= 15 is 0 Å². The number of hydrogen-bond donors (Lipinski definition) is 2. The molecule has 1 aliphatic rings. The predicted octanol–water partition coefficient (Wildman–Crippen LogP) is 3.88. The summed E-state index contributed by atoms with van der Waals surface area (Å²) in [5, 5.41) is 6.73. The second-order valence-electron chi connectivity index (χ2n) is 7.46. The molecule has 5 nitrogen and oxygen atoms in total. The molecule has 2 N–H and O–H groups in total. The molecule has 0 radical (unpaired) electrons. The quantitative estimate of drug-likeness (QED) is 0.326. The molecule has 0 saturated heterocycles. The van der Waals surface area contributed by atoms with Crippen molar-refractivity contribution < 1.29 is 8.42 Å². The third kappa shape index (κ3) is 6.70. The van der Waals surface area contributed by atoms with Gasteiger partial charge in [-0.15, -0.1) is 24.0 Å². The van der Waals surface area contributed by atoms with Crippen LogP contribution in [0, 0.1) is 12.8 Å². The zero-order valence-corrected chi connectivity index (χ0v) is 20.3. The molecule has 7 heteroatoms. The summed E-state index contributed by atoms with van der Waals surface area (Å²) in [4.78, 5) is 5.04. The third-order valence-electron chi connectivity index (χ3n) is 5.08. The molecule has 0 aliphatic heterocycles. The van der Waals surface area contributed by atoms with Crippen LogP contribution >= 0.6 is 24.0 Å². The highest BCUT2D eigenvalue weighted by atomic mass is 127. The molecule has 2 aromatic rings. The smallest absolute Gasteiger partial charge is 0.191 e. The van der Waals surface area contributed by atoms with Crippen molar-refractivity contribution in [1.82, 2.24) is 10.6 Å². The molecule has 1 fully saturated rings. The van der Waals surface area contributed by atoms with Crippen LogP contribution in [0.4, 0.5) is 0 Å². The first-order valence-electron chi connectivity index (χ1n) is 9.75. The number of guanidine groups is 1. The number of aryl methyl sites for hydroxylation is 1. The van der Waals surface area contributed by atoms with Crippen LogP contribution in [0.1, 0.15) is 36.0 Å². The standard InChI is InChI=1S/C22H29N3O2S.HI/c1-4-23-22(25-15-19-13-20(19)18-8-6-5-7-9-18)24-14-17-10-11-21(16(2)12-17)28(3,26)27;/h5-12,19-20H,4,13-15H2,1-3H3,(H2,23,24,25);1H. The highest BCUT2D eigenvalue weighted by Gasteiger charge is 2.37. The minimum atomic E-state index is -3.19. The largest absolute Gasteiger partial charge is 0.357 e. The second kappa shape index (κ2) is 10.4. The lowest BCUT2D eigenvalue weighted by molar-refractivity contribution is 0.601. The molecule has 0 aromatic heterocycles. The van der Waals surface area contributed by atoms with E-state index in [0.29, 0.717) is 23.3 Å². The van der Waals surface area contributed by atoms with Crippen LogP contribution in [0.25, 0.3) is 0 Å². The monoisotopic (exact) mass is 527 g/mol. The summed E-state index contributed by atoms with van der Waals surface area (Å²) in [6.07, 6.45) is 2.45. The van der Waals surface area contributed by atoms with Crippen molar-refractivity contribution >= 4 is 39.8 Å². The van der Waals surface area contributed by atoms with E-state index in [0.717, 1.165) is 30.2 Å². The van der Waals surface area contributed by atoms with Crippen LogP contribution in [-0.2, 0) is 16.4 Å². The van der Waals surface area contributed by atoms with Gasteiger partial charge in [0.05, 0.1) is 11.4 Å². The van der Waals surface area contributed by atoms with Gasteiger partial charge in [0.1, 0.15) is 0 Å². The van der Waals surface area contributed by atoms with Gasteiger partial charge in [0, 0.05) is 19.3 Å². The minimum Gasteiger partial charge on any atom is -0.357 e. The molecule has 1 aliphatic carbocycles. The van der Waals surface area contributed by atoms with Crippen molar-refractivity contribution in [3.63, 3.8) is 0 Å². The Hall–Kier alpha value is -1.61.